The average molecular weight is 394 g/mol. The Hall–Kier alpha value is -2.82. The van der Waals surface area contributed by atoms with Crippen LogP contribution in [0.1, 0.15) is 60.0 Å². The predicted octanol–water partition coefficient (Wildman–Crippen LogP) is 4.79. The van der Waals surface area contributed by atoms with Crippen molar-refractivity contribution in [2.45, 2.75) is 50.4 Å². The van der Waals surface area contributed by atoms with Crippen molar-refractivity contribution in [1.82, 2.24) is 0 Å². The Balaban J connectivity index is 2.05. The van der Waals surface area contributed by atoms with Crippen molar-refractivity contribution in [2.24, 2.45) is 0 Å². The second-order valence-corrected chi connectivity index (χ2v) is 7.93. The molecule has 2 aliphatic carbocycles. The maximum absolute atomic E-state index is 12.7. The van der Waals surface area contributed by atoms with Crippen LogP contribution in [-0.4, -0.2) is 31.1 Å². The number of hydrogen-bond donors (Lipinski definition) is 1. The van der Waals surface area contributed by atoms with Gasteiger partial charge in [0.25, 0.3) is 0 Å². The Labute approximate surface area is 170 Å². The fraction of sp³-hybridized carbons (Fsp3) is 0.417. The number of methoxy groups -OCH3 is 2. The molecule has 29 heavy (non-hydrogen) atoms. The highest BCUT2D eigenvalue weighted by Crippen LogP contribution is 2.51. The molecule has 0 spiro atoms. The van der Waals surface area contributed by atoms with Crippen LogP contribution in [0.2, 0.25) is 0 Å². The van der Waals surface area contributed by atoms with Crippen molar-refractivity contribution >= 4 is 11.8 Å². The maximum Gasteiger partial charge on any atom is 0.314 e. The molecule has 0 heterocycles. The fourth-order valence-electron chi connectivity index (χ4n) is 5.10. The first-order chi connectivity index (χ1) is 14.0. The van der Waals surface area contributed by atoms with E-state index in [-0.39, 0.29) is 5.78 Å². The fourth-order valence-corrected chi connectivity index (χ4v) is 5.10. The van der Waals surface area contributed by atoms with Gasteiger partial charge in [0.05, 0.1) is 19.6 Å². The first-order valence-electron chi connectivity index (χ1n) is 10.2. The summed E-state index contributed by atoms with van der Waals surface area (Å²) in [6.45, 7) is 0. The molecule has 152 valence electrons. The largest absolute Gasteiger partial charge is 0.493 e. The van der Waals surface area contributed by atoms with Crippen molar-refractivity contribution in [3.8, 4) is 22.6 Å². The van der Waals surface area contributed by atoms with Crippen LogP contribution in [0.4, 0.5) is 0 Å². The van der Waals surface area contributed by atoms with E-state index in [4.69, 9.17) is 9.47 Å². The van der Waals surface area contributed by atoms with Crippen LogP contribution < -0.4 is 9.47 Å². The highest BCUT2D eigenvalue weighted by Gasteiger charge is 2.46. The molecule has 4 rings (SSSR count). The van der Waals surface area contributed by atoms with Gasteiger partial charge in [0.1, 0.15) is 0 Å². The van der Waals surface area contributed by atoms with Crippen LogP contribution in [0.5, 0.6) is 11.5 Å². The zero-order valence-electron chi connectivity index (χ0n) is 16.9. The van der Waals surface area contributed by atoms with Crippen molar-refractivity contribution in [1.29, 1.82) is 0 Å². The van der Waals surface area contributed by atoms with Gasteiger partial charge in [-0.25, -0.2) is 0 Å². The van der Waals surface area contributed by atoms with Crippen LogP contribution in [0, 0.1) is 0 Å². The minimum Gasteiger partial charge on any atom is -0.493 e. The minimum absolute atomic E-state index is 0.148. The number of fused-ring (bicyclic) bond motifs is 1. The van der Waals surface area contributed by atoms with E-state index in [1.54, 1.807) is 14.2 Å². The lowest BCUT2D eigenvalue weighted by atomic mass is 9.67. The van der Waals surface area contributed by atoms with Crippen molar-refractivity contribution < 1.29 is 24.2 Å². The van der Waals surface area contributed by atoms with E-state index in [2.05, 4.69) is 0 Å². The molecule has 1 saturated carbocycles. The normalized spacial score (nSPS) is 17.7. The molecule has 0 aromatic heterocycles. The first kappa shape index (κ1) is 19.5. The summed E-state index contributed by atoms with van der Waals surface area (Å²) >= 11 is 0. The molecule has 0 unspecified atom stereocenters. The number of benzene rings is 2. The van der Waals surface area contributed by atoms with Gasteiger partial charge in [-0.15, -0.1) is 0 Å². The molecule has 0 atom stereocenters. The predicted molar refractivity (Wildman–Crippen MR) is 110 cm³/mol. The smallest absolute Gasteiger partial charge is 0.314 e. The Bertz CT molecular complexity index is 969. The SMILES string of the molecule is COc1ccc(-c2cccc3c2CCC3=O)c(C2(C(=O)O)CCCCC2)c1OC. The van der Waals surface area contributed by atoms with Crippen molar-refractivity contribution in [2.75, 3.05) is 14.2 Å². The van der Waals surface area contributed by atoms with Crippen LogP contribution >= 0.6 is 0 Å². The number of carboxylic acid groups (broad SMARTS) is 1. The molecule has 2 aliphatic rings. The lowest BCUT2D eigenvalue weighted by molar-refractivity contribution is -0.145. The zero-order chi connectivity index (χ0) is 20.6. The summed E-state index contributed by atoms with van der Waals surface area (Å²) in [6.07, 6.45) is 5.05. The van der Waals surface area contributed by atoms with Gasteiger partial charge in [0.15, 0.2) is 17.3 Å². The van der Waals surface area contributed by atoms with E-state index in [0.717, 1.165) is 41.5 Å². The minimum atomic E-state index is -1.03. The number of carbonyl (C=O) groups is 2. The number of aliphatic carboxylic acids is 1. The monoisotopic (exact) mass is 394 g/mol. The van der Waals surface area contributed by atoms with Gasteiger partial charge in [0.2, 0.25) is 0 Å². The Kier molecular flexibility index (Phi) is 5.07. The third-order valence-electron chi connectivity index (χ3n) is 6.51. The van der Waals surface area contributed by atoms with E-state index < -0.39 is 11.4 Å². The molecule has 0 aliphatic heterocycles. The molecule has 0 radical (unpaired) electrons. The van der Waals surface area contributed by atoms with Gasteiger partial charge in [-0.2, -0.15) is 0 Å². The number of carboxylic acids is 1. The van der Waals surface area contributed by atoms with Crippen LogP contribution in [-0.2, 0) is 16.6 Å². The van der Waals surface area contributed by atoms with Crippen LogP contribution in [0.25, 0.3) is 11.1 Å². The van der Waals surface area contributed by atoms with Gasteiger partial charge in [0, 0.05) is 17.5 Å². The van der Waals surface area contributed by atoms with Gasteiger partial charge in [-0.05, 0) is 42.0 Å². The van der Waals surface area contributed by atoms with Crippen LogP contribution in [0.15, 0.2) is 30.3 Å². The molecular weight excluding hydrogens is 368 g/mol. The standard InChI is InChI=1S/C24H26O5/c1-28-20-12-10-18(15-7-6-8-17-16(15)9-11-19(17)25)21(22(20)29-2)24(23(26)27)13-4-3-5-14-24/h6-8,10,12H,3-5,9,11,13-14H2,1-2H3,(H,26,27). The number of hydrogen-bond acceptors (Lipinski definition) is 4. The summed E-state index contributed by atoms with van der Waals surface area (Å²) in [5.74, 6) is 0.334. The number of carbonyl (C=O) groups excluding carboxylic acids is 1. The summed E-state index contributed by atoms with van der Waals surface area (Å²) < 4.78 is 11.3. The highest BCUT2D eigenvalue weighted by molar-refractivity contribution is 6.03. The second kappa shape index (κ2) is 7.54. The number of rotatable bonds is 5. The van der Waals surface area contributed by atoms with E-state index in [0.29, 0.717) is 42.7 Å². The molecule has 0 bridgehead atoms. The van der Waals surface area contributed by atoms with Gasteiger partial charge in [-0.3, -0.25) is 9.59 Å². The highest BCUT2D eigenvalue weighted by atomic mass is 16.5. The molecule has 0 amide bonds. The summed E-state index contributed by atoms with van der Waals surface area (Å²) in [7, 11) is 3.12. The molecule has 1 fully saturated rings. The van der Waals surface area contributed by atoms with E-state index in [1.807, 2.05) is 30.3 Å². The Morgan fingerprint density at radius 2 is 1.66 bits per heavy atom. The van der Waals surface area contributed by atoms with E-state index in [1.165, 1.54) is 0 Å². The molecular formula is C24H26O5. The number of Topliss-reactive ketones (excluding diaryl/α,β-unsaturated/α-hetero) is 1. The molecule has 5 nitrogen and oxygen atoms in total. The third kappa shape index (κ3) is 3.00. The second-order valence-electron chi connectivity index (χ2n) is 7.93. The number of ketones is 1. The summed E-state index contributed by atoms with van der Waals surface area (Å²) in [5, 5.41) is 10.4. The molecule has 0 saturated heterocycles. The average Bonchev–Trinajstić information content (AvgIpc) is 3.14. The lowest BCUT2D eigenvalue weighted by Crippen LogP contribution is -2.38. The number of ether oxygens (including phenoxy) is 2. The van der Waals surface area contributed by atoms with E-state index >= 15 is 0 Å². The quantitative estimate of drug-likeness (QED) is 0.790. The Morgan fingerprint density at radius 3 is 2.31 bits per heavy atom. The topological polar surface area (TPSA) is 72.8 Å². The molecule has 1 N–H and O–H groups in total. The lowest BCUT2D eigenvalue weighted by Gasteiger charge is -2.36. The summed E-state index contributed by atoms with van der Waals surface area (Å²) in [4.78, 5) is 25.0. The maximum atomic E-state index is 12.7. The van der Waals surface area contributed by atoms with Crippen molar-refractivity contribution in [3.63, 3.8) is 0 Å². The van der Waals surface area contributed by atoms with Crippen molar-refractivity contribution in [3.05, 3.63) is 47.0 Å². The summed E-state index contributed by atoms with van der Waals surface area (Å²) in [6, 6.07) is 9.48. The molecule has 5 heteroatoms. The van der Waals surface area contributed by atoms with Gasteiger partial charge in [-0.1, -0.05) is 43.5 Å². The first-order valence-corrected chi connectivity index (χ1v) is 10.2. The zero-order valence-corrected chi connectivity index (χ0v) is 16.9. The van der Waals surface area contributed by atoms with Crippen LogP contribution in [0.3, 0.4) is 0 Å². The van der Waals surface area contributed by atoms with E-state index in [9.17, 15) is 14.7 Å². The Morgan fingerprint density at radius 1 is 0.931 bits per heavy atom. The van der Waals surface area contributed by atoms with Gasteiger partial charge >= 0.3 is 5.97 Å². The molecule has 2 aromatic rings. The third-order valence-corrected chi connectivity index (χ3v) is 6.51. The van der Waals surface area contributed by atoms with Gasteiger partial charge < -0.3 is 14.6 Å². The summed E-state index contributed by atoms with van der Waals surface area (Å²) in [5.41, 5.74) is 3.16. The molecule has 2 aromatic carbocycles.